The maximum absolute atomic E-state index is 8.76. The minimum atomic E-state index is 0.523. The zero-order valence-electron chi connectivity index (χ0n) is 10.7. The molecule has 0 saturated carbocycles. The van der Waals surface area contributed by atoms with Crippen LogP contribution in [0.3, 0.4) is 0 Å². The lowest BCUT2D eigenvalue weighted by Gasteiger charge is -2.21. The van der Waals surface area contributed by atoms with Crippen molar-refractivity contribution in [3.63, 3.8) is 0 Å². The number of nitrogens with zero attached hydrogens (tertiary/aromatic N) is 2. The Labute approximate surface area is 103 Å². The third kappa shape index (κ3) is 3.97. The molecule has 0 atom stereocenters. The van der Waals surface area contributed by atoms with Gasteiger partial charge in [0.1, 0.15) is 6.07 Å². The van der Waals surface area contributed by atoms with E-state index in [1.54, 1.807) is 12.1 Å². The molecule has 0 bridgehead atoms. The molecular formula is C13H20N4. The maximum atomic E-state index is 8.76. The fourth-order valence-electron chi connectivity index (χ4n) is 1.41. The van der Waals surface area contributed by atoms with E-state index in [2.05, 4.69) is 37.2 Å². The molecule has 1 aromatic carbocycles. The quantitative estimate of drug-likeness (QED) is 0.761. The summed E-state index contributed by atoms with van der Waals surface area (Å²) in [5.74, 6) is 0. The lowest BCUT2D eigenvalue weighted by Crippen LogP contribution is -2.31. The van der Waals surface area contributed by atoms with Gasteiger partial charge in [-0.2, -0.15) is 5.26 Å². The second-order valence-corrected chi connectivity index (χ2v) is 4.41. The van der Waals surface area contributed by atoms with Gasteiger partial charge in [-0.05, 0) is 39.1 Å². The summed E-state index contributed by atoms with van der Waals surface area (Å²) >= 11 is 0. The summed E-state index contributed by atoms with van der Waals surface area (Å²) in [5.41, 5.74) is 7.74. The maximum Gasteiger partial charge on any atom is 0.101 e. The van der Waals surface area contributed by atoms with Gasteiger partial charge in [0.25, 0.3) is 0 Å². The van der Waals surface area contributed by atoms with Crippen LogP contribution in [0.2, 0.25) is 0 Å². The molecule has 0 aromatic heterocycles. The van der Waals surface area contributed by atoms with Crippen molar-refractivity contribution < 1.29 is 0 Å². The zero-order chi connectivity index (χ0) is 12.8. The number of hydrogen-bond acceptors (Lipinski definition) is 4. The summed E-state index contributed by atoms with van der Waals surface area (Å²) in [4.78, 5) is 2.26. The number of nitrogens with two attached hydrogens (primary N) is 1. The van der Waals surface area contributed by atoms with Crippen LogP contribution in [0.15, 0.2) is 18.2 Å². The lowest BCUT2D eigenvalue weighted by molar-refractivity contribution is 0.284. The van der Waals surface area contributed by atoms with Crippen molar-refractivity contribution in [2.24, 2.45) is 0 Å². The molecule has 0 amide bonds. The molecule has 17 heavy (non-hydrogen) atoms. The van der Waals surface area contributed by atoms with Crippen LogP contribution in [0.4, 0.5) is 11.4 Å². The number of nitrogen functional groups attached to an aromatic ring is 1. The van der Waals surface area contributed by atoms with Gasteiger partial charge in [-0.25, -0.2) is 0 Å². The molecule has 0 unspecified atom stereocenters. The Morgan fingerprint density at radius 2 is 2.18 bits per heavy atom. The molecule has 1 rings (SSSR count). The number of nitriles is 1. The second kappa shape index (κ2) is 6.12. The van der Waals surface area contributed by atoms with Crippen LogP contribution in [0.25, 0.3) is 0 Å². The average molecular weight is 232 g/mol. The highest BCUT2D eigenvalue weighted by Crippen LogP contribution is 2.16. The minimum absolute atomic E-state index is 0.523. The summed E-state index contributed by atoms with van der Waals surface area (Å²) in [5, 5.41) is 12.1. The molecule has 0 heterocycles. The van der Waals surface area contributed by atoms with Crippen LogP contribution in [0.1, 0.15) is 19.4 Å². The average Bonchev–Trinajstić information content (AvgIpc) is 2.29. The van der Waals surface area contributed by atoms with Gasteiger partial charge in [-0.15, -0.1) is 0 Å². The van der Waals surface area contributed by atoms with Gasteiger partial charge >= 0.3 is 0 Å². The Balaban J connectivity index is 2.48. The van der Waals surface area contributed by atoms with E-state index in [-0.39, 0.29) is 0 Å². The molecule has 0 aliphatic rings. The normalized spacial score (nSPS) is 10.6. The topological polar surface area (TPSA) is 65.1 Å². The Kier molecular flexibility index (Phi) is 4.80. The highest BCUT2D eigenvalue weighted by molar-refractivity contribution is 5.62. The summed E-state index contributed by atoms with van der Waals surface area (Å²) in [6, 6.07) is 8.01. The first-order valence-electron chi connectivity index (χ1n) is 5.78. The number of rotatable bonds is 5. The fraction of sp³-hybridized carbons (Fsp3) is 0.462. The van der Waals surface area contributed by atoms with Crippen molar-refractivity contribution in [3.05, 3.63) is 23.8 Å². The molecule has 1 aromatic rings. The third-order valence-electron chi connectivity index (χ3n) is 2.85. The lowest BCUT2D eigenvalue weighted by atomic mass is 10.2. The molecule has 0 aliphatic carbocycles. The molecule has 0 spiro atoms. The van der Waals surface area contributed by atoms with Crippen molar-refractivity contribution in [3.8, 4) is 6.07 Å². The molecule has 0 fully saturated rings. The van der Waals surface area contributed by atoms with E-state index in [0.717, 1.165) is 18.8 Å². The highest BCUT2D eigenvalue weighted by atomic mass is 15.1. The molecule has 0 radical (unpaired) electrons. The van der Waals surface area contributed by atoms with Crippen LogP contribution < -0.4 is 11.1 Å². The summed E-state index contributed by atoms with van der Waals surface area (Å²) in [6.07, 6.45) is 0. The summed E-state index contributed by atoms with van der Waals surface area (Å²) in [6.45, 7) is 6.16. The first-order chi connectivity index (χ1) is 8.04. The van der Waals surface area contributed by atoms with E-state index in [9.17, 15) is 0 Å². The van der Waals surface area contributed by atoms with Crippen molar-refractivity contribution in [2.75, 3.05) is 31.2 Å². The minimum Gasteiger partial charge on any atom is -0.398 e. The Hall–Kier alpha value is -1.73. The van der Waals surface area contributed by atoms with Crippen LogP contribution in [0, 0.1) is 11.3 Å². The fourth-order valence-corrected chi connectivity index (χ4v) is 1.41. The van der Waals surface area contributed by atoms with Crippen molar-refractivity contribution in [1.29, 1.82) is 5.26 Å². The van der Waals surface area contributed by atoms with E-state index < -0.39 is 0 Å². The second-order valence-electron chi connectivity index (χ2n) is 4.41. The van der Waals surface area contributed by atoms with Gasteiger partial charge in [0.15, 0.2) is 0 Å². The zero-order valence-corrected chi connectivity index (χ0v) is 10.7. The number of nitrogens with one attached hydrogen (secondary N) is 1. The van der Waals surface area contributed by atoms with Gasteiger partial charge in [0, 0.05) is 24.8 Å². The van der Waals surface area contributed by atoms with Crippen molar-refractivity contribution in [1.82, 2.24) is 4.90 Å². The van der Waals surface area contributed by atoms with Gasteiger partial charge < -0.3 is 16.0 Å². The van der Waals surface area contributed by atoms with Crippen molar-refractivity contribution in [2.45, 2.75) is 19.9 Å². The number of hydrogen-bond donors (Lipinski definition) is 2. The van der Waals surface area contributed by atoms with Gasteiger partial charge in [0.2, 0.25) is 0 Å². The number of anilines is 2. The highest BCUT2D eigenvalue weighted by Gasteiger charge is 2.03. The van der Waals surface area contributed by atoms with Crippen molar-refractivity contribution >= 4 is 11.4 Å². The smallest absolute Gasteiger partial charge is 0.101 e. The van der Waals surface area contributed by atoms with Gasteiger partial charge in [-0.3, -0.25) is 0 Å². The third-order valence-corrected chi connectivity index (χ3v) is 2.85. The number of benzene rings is 1. The molecular weight excluding hydrogens is 212 g/mol. The Morgan fingerprint density at radius 1 is 1.47 bits per heavy atom. The first-order valence-corrected chi connectivity index (χ1v) is 5.78. The molecule has 4 nitrogen and oxygen atoms in total. The summed E-state index contributed by atoms with van der Waals surface area (Å²) < 4.78 is 0. The first kappa shape index (κ1) is 13.3. The van der Waals surface area contributed by atoms with E-state index in [1.165, 1.54) is 0 Å². The Morgan fingerprint density at radius 3 is 2.71 bits per heavy atom. The van der Waals surface area contributed by atoms with Crippen LogP contribution in [0.5, 0.6) is 0 Å². The van der Waals surface area contributed by atoms with E-state index in [1.807, 2.05) is 6.07 Å². The standard InChI is InChI=1S/C13H20N4/c1-10(2)17(3)7-6-16-12-5-4-11(9-14)13(15)8-12/h4-5,8,10,16H,6-7,15H2,1-3H3. The molecule has 92 valence electrons. The van der Waals surface area contributed by atoms with Gasteiger partial charge in [0.05, 0.1) is 11.3 Å². The largest absolute Gasteiger partial charge is 0.398 e. The van der Waals surface area contributed by atoms with Crippen LogP contribution >= 0.6 is 0 Å². The number of likely N-dealkylation sites (N-methyl/N-ethyl adjacent to an activating group) is 1. The van der Waals surface area contributed by atoms with E-state index >= 15 is 0 Å². The molecule has 3 N–H and O–H groups in total. The van der Waals surface area contributed by atoms with Crippen LogP contribution in [-0.4, -0.2) is 31.1 Å². The van der Waals surface area contributed by atoms with Gasteiger partial charge in [-0.1, -0.05) is 0 Å². The monoisotopic (exact) mass is 232 g/mol. The van der Waals surface area contributed by atoms with E-state index in [4.69, 9.17) is 11.0 Å². The molecule has 0 aliphatic heterocycles. The predicted octanol–water partition coefficient (Wildman–Crippen LogP) is 1.89. The molecule has 0 saturated heterocycles. The van der Waals surface area contributed by atoms with Crippen LogP contribution in [-0.2, 0) is 0 Å². The molecule has 4 heteroatoms. The summed E-state index contributed by atoms with van der Waals surface area (Å²) in [7, 11) is 2.10. The SMILES string of the molecule is CC(C)N(C)CCNc1ccc(C#N)c(N)c1. The van der Waals surface area contributed by atoms with E-state index in [0.29, 0.717) is 17.3 Å². The Bertz CT molecular complexity index is 406. The predicted molar refractivity (Wildman–Crippen MR) is 71.8 cm³/mol.